The SMILES string of the molecule is CC(=O)NCCC#Cc1cn(C)nc1N. The maximum atomic E-state index is 10.5. The molecule has 3 N–H and O–H groups in total. The molecule has 0 saturated carbocycles. The van der Waals surface area contributed by atoms with E-state index in [2.05, 4.69) is 22.3 Å². The van der Waals surface area contributed by atoms with Crippen molar-refractivity contribution in [3.8, 4) is 11.8 Å². The van der Waals surface area contributed by atoms with E-state index >= 15 is 0 Å². The Kier molecular flexibility index (Phi) is 3.75. The van der Waals surface area contributed by atoms with Gasteiger partial charge < -0.3 is 11.1 Å². The lowest BCUT2D eigenvalue weighted by Crippen LogP contribution is -2.20. The molecule has 1 amide bonds. The van der Waals surface area contributed by atoms with Crippen molar-refractivity contribution in [2.75, 3.05) is 12.3 Å². The van der Waals surface area contributed by atoms with Crippen LogP contribution in [-0.2, 0) is 11.8 Å². The molecule has 0 aliphatic rings. The summed E-state index contributed by atoms with van der Waals surface area (Å²) in [5.74, 6) is 6.20. The molecule has 0 aliphatic heterocycles. The van der Waals surface area contributed by atoms with Gasteiger partial charge in [-0.15, -0.1) is 0 Å². The van der Waals surface area contributed by atoms with Crippen LogP contribution in [0.25, 0.3) is 0 Å². The summed E-state index contributed by atoms with van der Waals surface area (Å²) in [6.45, 7) is 2.04. The summed E-state index contributed by atoms with van der Waals surface area (Å²) in [6, 6.07) is 0. The molecule has 0 fully saturated rings. The van der Waals surface area contributed by atoms with Crippen molar-refractivity contribution in [2.45, 2.75) is 13.3 Å². The fourth-order valence-electron chi connectivity index (χ4n) is 1.06. The standard InChI is InChI=1S/C10H14N4O/c1-8(15)12-6-4-3-5-9-7-14(2)13-10(9)11/h7H,4,6H2,1-2H3,(H2,11,13)(H,12,15). The first-order valence-electron chi connectivity index (χ1n) is 4.62. The van der Waals surface area contributed by atoms with Crippen LogP contribution in [0.5, 0.6) is 0 Å². The molecule has 0 spiro atoms. The number of amides is 1. The molecule has 1 aromatic heterocycles. The van der Waals surface area contributed by atoms with Gasteiger partial charge in [0.1, 0.15) is 0 Å². The van der Waals surface area contributed by atoms with Crippen molar-refractivity contribution < 1.29 is 4.79 Å². The Morgan fingerprint density at radius 1 is 1.73 bits per heavy atom. The zero-order chi connectivity index (χ0) is 11.3. The van der Waals surface area contributed by atoms with Gasteiger partial charge in [0.2, 0.25) is 5.91 Å². The molecule has 80 valence electrons. The molecule has 0 aromatic carbocycles. The average molecular weight is 206 g/mol. The van der Waals surface area contributed by atoms with Gasteiger partial charge in [-0.3, -0.25) is 9.48 Å². The van der Waals surface area contributed by atoms with Crippen LogP contribution in [0.4, 0.5) is 5.82 Å². The van der Waals surface area contributed by atoms with E-state index in [0.717, 1.165) is 5.56 Å². The maximum absolute atomic E-state index is 10.5. The zero-order valence-electron chi connectivity index (χ0n) is 8.87. The molecule has 5 heteroatoms. The van der Waals surface area contributed by atoms with Gasteiger partial charge in [0.25, 0.3) is 0 Å². The molecular weight excluding hydrogens is 192 g/mol. The molecule has 0 unspecified atom stereocenters. The van der Waals surface area contributed by atoms with Crippen LogP contribution in [0.2, 0.25) is 0 Å². The van der Waals surface area contributed by atoms with Crippen molar-refractivity contribution >= 4 is 11.7 Å². The topological polar surface area (TPSA) is 72.9 Å². The highest BCUT2D eigenvalue weighted by atomic mass is 16.1. The number of carbonyl (C=O) groups excluding carboxylic acids is 1. The van der Waals surface area contributed by atoms with Crippen molar-refractivity contribution in [3.05, 3.63) is 11.8 Å². The molecule has 0 radical (unpaired) electrons. The number of aromatic nitrogens is 2. The number of rotatable bonds is 2. The first-order valence-corrected chi connectivity index (χ1v) is 4.62. The molecule has 0 bridgehead atoms. The van der Waals surface area contributed by atoms with Gasteiger partial charge in [-0.25, -0.2) is 0 Å². The summed E-state index contributed by atoms with van der Waals surface area (Å²) in [4.78, 5) is 10.5. The Balaban J connectivity index is 2.44. The maximum Gasteiger partial charge on any atom is 0.216 e. The highest BCUT2D eigenvalue weighted by Gasteiger charge is 1.98. The Labute approximate surface area is 88.6 Å². The third-order valence-corrected chi connectivity index (χ3v) is 1.70. The fraction of sp³-hybridized carbons (Fsp3) is 0.400. The second-order valence-corrected chi connectivity index (χ2v) is 3.14. The number of hydrogen-bond donors (Lipinski definition) is 2. The number of carbonyl (C=O) groups is 1. The lowest BCUT2D eigenvalue weighted by molar-refractivity contribution is -0.118. The lowest BCUT2D eigenvalue weighted by Gasteiger charge is -1.94. The number of nitrogens with two attached hydrogens (primary N) is 1. The highest BCUT2D eigenvalue weighted by molar-refractivity contribution is 5.72. The minimum Gasteiger partial charge on any atom is -0.381 e. The minimum atomic E-state index is -0.0438. The second kappa shape index (κ2) is 5.05. The van der Waals surface area contributed by atoms with Crippen molar-refractivity contribution in [2.24, 2.45) is 7.05 Å². The lowest BCUT2D eigenvalue weighted by atomic mass is 10.3. The third-order valence-electron chi connectivity index (χ3n) is 1.70. The summed E-state index contributed by atoms with van der Waals surface area (Å²) in [7, 11) is 1.79. The van der Waals surface area contributed by atoms with Crippen LogP contribution in [0.1, 0.15) is 18.9 Å². The Hall–Kier alpha value is -1.96. The van der Waals surface area contributed by atoms with E-state index in [0.29, 0.717) is 18.8 Å². The average Bonchev–Trinajstić information content (AvgIpc) is 2.44. The summed E-state index contributed by atoms with van der Waals surface area (Å²) in [5, 5.41) is 6.62. The van der Waals surface area contributed by atoms with E-state index in [1.807, 2.05) is 0 Å². The largest absolute Gasteiger partial charge is 0.381 e. The van der Waals surface area contributed by atoms with Gasteiger partial charge in [0, 0.05) is 33.1 Å². The third kappa shape index (κ3) is 3.73. The van der Waals surface area contributed by atoms with Gasteiger partial charge in [0.05, 0.1) is 5.56 Å². The summed E-state index contributed by atoms with van der Waals surface area (Å²) >= 11 is 0. The normalized spacial score (nSPS) is 9.20. The number of nitrogens with one attached hydrogen (secondary N) is 1. The summed E-state index contributed by atoms with van der Waals surface area (Å²) in [5.41, 5.74) is 6.32. The predicted octanol–water partition coefficient (Wildman–Crippen LogP) is -0.120. The second-order valence-electron chi connectivity index (χ2n) is 3.14. The Bertz CT molecular complexity index is 411. The molecule has 15 heavy (non-hydrogen) atoms. The molecule has 0 aliphatic carbocycles. The van der Waals surface area contributed by atoms with Crippen LogP contribution >= 0.6 is 0 Å². The monoisotopic (exact) mass is 206 g/mol. The zero-order valence-corrected chi connectivity index (χ0v) is 8.87. The molecular formula is C10H14N4O. The molecule has 1 rings (SSSR count). The van der Waals surface area contributed by atoms with Gasteiger partial charge >= 0.3 is 0 Å². The molecule has 0 atom stereocenters. The minimum absolute atomic E-state index is 0.0438. The predicted molar refractivity (Wildman–Crippen MR) is 57.8 cm³/mol. The van der Waals surface area contributed by atoms with E-state index in [1.165, 1.54) is 6.92 Å². The van der Waals surface area contributed by atoms with Gasteiger partial charge in [-0.05, 0) is 0 Å². The molecule has 5 nitrogen and oxygen atoms in total. The van der Waals surface area contributed by atoms with Crippen LogP contribution in [-0.4, -0.2) is 22.2 Å². The fourth-order valence-corrected chi connectivity index (χ4v) is 1.06. The van der Waals surface area contributed by atoms with E-state index < -0.39 is 0 Å². The van der Waals surface area contributed by atoms with E-state index in [-0.39, 0.29) is 5.91 Å². The first-order chi connectivity index (χ1) is 7.09. The summed E-state index contributed by atoms with van der Waals surface area (Å²) < 4.78 is 1.62. The van der Waals surface area contributed by atoms with E-state index in [1.54, 1.807) is 17.9 Å². The van der Waals surface area contributed by atoms with Crippen LogP contribution < -0.4 is 11.1 Å². The number of nitrogen functional groups attached to an aromatic ring is 1. The van der Waals surface area contributed by atoms with Crippen molar-refractivity contribution in [3.63, 3.8) is 0 Å². The smallest absolute Gasteiger partial charge is 0.216 e. The van der Waals surface area contributed by atoms with Crippen LogP contribution in [0.15, 0.2) is 6.20 Å². The Morgan fingerprint density at radius 3 is 3.00 bits per heavy atom. The number of anilines is 1. The van der Waals surface area contributed by atoms with Gasteiger partial charge in [-0.2, -0.15) is 5.10 Å². The molecule has 1 aromatic rings. The number of hydrogen-bond acceptors (Lipinski definition) is 3. The Morgan fingerprint density at radius 2 is 2.47 bits per heavy atom. The van der Waals surface area contributed by atoms with Crippen molar-refractivity contribution in [1.29, 1.82) is 0 Å². The van der Waals surface area contributed by atoms with E-state index in [4.69, 9.17) is 5.73 Å². The van der Waals surface area contributed by atoms with Gasteiger partial charge in [-0.1, -0.05) is 11.8 Å². The van der Waals surface area contributed by atoms with E-state index in [9.17, 15) is 4.79 Å². The molecule has 0 saturated heterocycles. The number of nitrogens with zero attached hydrogens (tertiary/aromatic N) is 2. The number of aryl methyl sites for hydroxylation is 1. The summed E-state index contributed by atoms with van der Waals surface area (Å²) in [6.07, 6.45) is 2.37. The molecule has 1 heterocycles. The van der Waals surface area contributed by atoms with Crippen LogP contribution in [0.3, 0.4) is 0 Å². The van der Waals surface area contributed by atoms with Crippen LogP contribution in [0, 0.1) is 11.8 Å². The quantitative estimate of drug-likeness (QED) is 0.523. The highest BCUT2D eigenvalue weighted by Crippen LogP contribution is 2.04. The van der Waals surface area contributed by atoms with Gasteiger partial charge in [0.15, 0.2) is 5.82 Å². The first kappa shape index (κ1) is 11.1. The van der Waals surface area contributed by atoms with Crippen molar-refractivity contribution in [1.82, 2.24) is 15.1 Å².